The third kappa shape index (κ3) is 4.09. The minimum Gasteiger partial charge on any atom is -0.454 e. The highest BCUT2D eigenvalue weighted by molar-refractivity contribution is 7.90. The fourth-order valence-electron chi connectivity index (χ4n) is 2.34. The van der Waals surface area contributed by atoms with Crippen LogP contribution in [0.5, 0.6) is 0 Å². The van der Waals surface area contributed by atoms with Gasteiger partial charge in [0.05, 0.1) is 11.4 Å². The van der Waals surface area contributed by atoms with E-state index < -0.39 is 15.7 Å². The Bertz CT molecular complexity index is 1110. The van der Waals surface area contributed by atoms with Crippen LogP contribution in [0.4, 0.5) is 5.69 Å². The zero-order chi connectivity index (χ0) is 18.7. The van der Waals surface area contributed by atoms with Crippen molar-refractivity contribution < 1.29 is 17.6 Å². The molecule has 134 valence electrons. The molecule has 0 atom stereocenters. The van der Waals surface area contributed by atoms with Crippen LogP contribution in [0.2, 0.25) is 0 Å². The Kier molecular flexibility index (Phi) is 4.77. The van der Waals surface area contributed by atoms with Crippen LogP contribution in [0.1, 0.15) is 16.3 Å². The molecule has 0 spiro atoms. The van der Waals surface area contributed by atoms with Crippen LogP contribution in [0.25, 0.3) is 0 Å². The van der Waals surface area contributed by atoms with Crippen LogP contribution in [-0.2, 0) is 16.4 Å². The van der Waals surface area contributed by atoms with Crippen molar-refractivity contribution in [2.24, 2.45) is 0 Å². The molecule has 0 unspecified atom stereocenters. The highest BCUT2D eigenvalue weighted by Gasteiger charge is 2.14. The van der Waals surface area contributed by atoms with Crippen molar-refractivity contribution in [3.8, 4) is 0 Å². The van der Waals surface area contributed by atoms with Crippen molar-refractivity contribution in [1.29, 1.82) is 0 Å². The largest absolute Gasteiger partial charge is 0.454 e. The molecular formula is C18H16N2O5S. The molecule has 2 heterocycles. The first kappa shape index (κ1) is 17.7. The molecule has 8 heteroatoms. The van der Waals surface area contributed by atoms with Gasteiger partial charge in [0.15, 0.2) is 15.6 Å². The van der Waals surface area contributed by atoms with Crippen LogP contribution in [-0.4, -0.2) is 25.1 Å². The van der Waals surface area contributed by atoms with Crippen molar-refractivity contribution >= 4 is 21.4 Å². The fraction of sp³-hybridized carbons (Fsp3) is 0.111. The molecule has 0 radical (unpaired) electrons. The van der Waals surface area contributed by atoms with E-state index in [9.17, 15) is 18.0 Å². The number of aromatic nitrogens is 1. The molecule has 1 N–H and O–H groups in total. The second-order valence-corrected chi connectivity index (χ2v) is 7.70. The number of carbonyl (C=O) groups excluding carboxylic acids is 1. The summed E-state index contributed by atoms with van der Waals surface area (Å²) in [6, 6.07) is 13.9. The zero-order valence-corrected chi connectivity index (χ0v) is 14.7. The van der Waals surface area contributed by atoms with Crippen LogP contribution >= 0.6 is 0 Å². The maximum Gasteiger partial charge on any atom is 0.291 e. The second-order valence-electron chi connectivity index (χ2n) is 5.69. The van der Waals surface area contributed by atoms with Gasteiger partial charge < -0.3 is 14.3 Å². The molecular weight excluding hydrogens is 356 g/mol. The molecule has 0 aliphatic rings. The fourth-order valence-corrected chi connectivity index (χ4v) is 3.01. The summed E-state index contributed by atoms with van der Waals surface area (Å²) >= 11 is 0. The van der Waals surface area contributed by atoms with Crippen molar-refractivity contribution in [2.75, 3.05) is 11.6 Å². The molecule has 0 fully saturated rings. The molecule has 7 nitrogen and oxygen atoms in total. The van der Waals surface area contributed by atoms with Crippen molar-refractivity contribution in [1.82, 2.24) is 4.57 Å². The molecule has 1 aromatic carbocycles. The summed E-state index contributed by atoms with van der Waals surface area (Å²) < 4.78 is 30.1. The Morgan fingerprint density at radius 3 is 2.65 bits per heavy atom. The van der Waals surface area contributed by atoms with Gasteiger partial charge in [0, 0.05) is 24.2 Å². The summed E-state index contributed by atoms with van der Waals surface area (Å²) in [6.07, 6.45) is 2.72. The first-order valence-electron chi connectivity index (χ1n) is 7.68. The predicted octanol–water partition coefficient (Wildman–Crippen LogP) is 2.15. The summed E-state index contributed by atoms with van der Waals surface area (Å²) in [5.41, 5.74) is 0.169. The number of sulfone groups is 1. The highest BCUT2D eigenvalue weighted by Crippen LogP contribution is 2.17. The summed E-state index contributed by atoms with van der Waals surface area (Å²) in [6.45, 7) is 0.205. The molecule has 1 amide bonds. The van der Waals surface area contributed by atoms with Gasteiger partial charge in [-0.2, -0.15) is 0 Å². The van der Waals surface area contributed by atoms with E-state index >= 15 is 0 Å². The van der Waals surface area contributed by atoms with E-state index in [4.69, 9.17) is 4.42 Å². The molecule has 0 saturated carbocycles. The van der Waals surface area contributed by atoms with Gasteiger partial charge in [-0.05, 0) is 36.4 Å². The van der Waals surface area contributed by atoms with Gasteiger partial charge >= 0.3 is 0 Å². The number of anilines is 1. The summed E-state index contributed by atoms with van der Waals surface area (Å²) in [4.78, 5) is 24.1. The maximum absolute atomic E-state index is 12.3. The summed E-state index contributed by atoms with van der Waals surface area (Å²) in [5.74, 6) is 0.00406. The number of pyridine rings is 1. The van der Waals surface area contributed by atoms with E-state index in [1.807, 2.05) is 0 Å². The van der Waals surface area contributed by atoms with E-state index in [1.54, 1.807) is 36.5 Å². The number of rotatable bonds is 5. The number of benzene rings is 1. The summed E-state index contributed by atoms with van der Waals surface area (Å²) in [7, 11) is -3.37. The van der Waals surface area contributed by atoms with E-state index in [0.717, 1.165) is 6.26 Å². The smallest absolute Gasteiger partial charge is 0.291 e. The van der Waals surface area contributed by atoms with Crippen LogP contribution in [0.3, 0.4) is 0 Å². The molecule has 0 bridgehead atoms. The second kappa shape index (κ2) is 7.01. The van der Waals surface area contributed by atoms with E-state index in [0.29, 0.717) is 11.4 Å². The Labute approximate surface area is 149 Å². The van der Waals surface area contributed by atoms with Gasteiger partial charge in [-0.3, -0.25) is 9.59 Å². The standard InChI is InChI=1S/C18H16N2O5S/c1-26(23,24)15-6-4-5-13(11-15)19-18(22)16-9-8-14(25-16)12-20-10-3-2-7-17(20)21/h2-11H,12H2,1H3,(H,19,22). The lowest BCUT2D eigenvalue weighted by atomic mass is 10.3. The van der Waals surface area contributed by atoms with Gasteiger partial charge in [0.25, 0.3) is 11.5 Å². The summed E-state index contributed by atoms with van der Waals surface area (Å²) in [5, 5.41) is 2.59. The lowest BCUT2D eigenvalue weighted by Gasteiger charge is -2.05. The van der Waals surface area contributed by atoms with Crippen LogP contribution < -0.4 is 10.9 Å². The number of furan rings is 1. The third-order valence-electron chi connectivity index (χ3n) is 3.63. The molecule has 2 aromatic heterocycles. The SMILES string of the molecule is CS(=O)(=O)c1cccc(NC(=O)c2ccc(Cn3ccccc3=O)o2)c1. The first-order chi connectivity index (χ1) is 12.3. The Morgan fingerprint density at radius 2 is 1.92 bits per heavy atom. The number of amides is 1. The minimum atomic E-state index is -3.37. The van der Waals surface area contributed by atoms with E-state index in [1.165, 1.54) is 28.8 Å². The lowest BCUT2D eigenvalue weighted by Crippen LogP contribution is -2.18. The molecule has 0 aliphatic heterocycles. The van der Waals surface area contributed by atoms with Crippen LogP contribution in [0, 0.1) is 0 Å². The predicted molar refractivity (Wildman–Crippen MR) is 96.0 cm³/mol. The normalized spacial score (nSPS) is 11.3. The van der Waals surface area contributed by atoms with E-state index in [-0.39, 0.29) is 22.8 Å². The molecule has 26 heavy (non-hydrogen) atoms. The zero-order valence-electron chi connectivity index (χ0n) is 13.9. The highest BCUT2D eigenvalue weighted by atomic mass is 32.2. The van der Waals surface area contributed by atoms with Gasteiger partial charge in [-0.1, -0.05) is 12.1 Å². The van der Waals surface area contributed by atoms with Crippen molar-refractivity contribution in [2.45, 2.75) is 11.4 Å². The average molecular weight is 372 g/mol. The van der Waals surface area contributed by atoms with Crippen molar-refractivity contribution in [3.63, 3.8) is 0 Å². The Morgan fingerprint density at radius 1 is 1.12 bits per heavy atom. The number of nitrogens with one attached hydrogen (secondary N) is 1. The van der Waals surface area contributed by atoms with E-state index in [2.05, 4.69) is 5.32 Å². The van der Waals surface area contributed by atoms with Crippen molar-refractivity contribution in [3.05, 3.63) is 82.7 Å². The average Bonchev–Trinajstić information content (AvgIpc) is 3.05. The van der Waals surface area contributed by atoms with Gasteiger partial charge in [-0.25, -0.2) is 8.42 Å². The first-order valence-corrected chi connectivity index (χ1v) is 9.58. The van der Waals surface area contributed by atoms with Gasteiger partial charge in [0.2, 0.25) is 0 Å². The van der Waals surface area contributed by atoms with Gasteiger partial charge in [0.1, 0.15) is 5.76 Å². The Hall–Kier alpha value is -3.13. The monoisotopic (exact) mass is 372 g/mol. The molecule has 0 saturated heterocycles. The quantitative estimate of drug-likeness (QED) is 0.740. The number of hydrogen-bond donors (Lipinski definition) is 1. The number of nitrogens with zero attached hydrogens (tertiary/aromatic N) is 1. The number of carbonyl (C=O) groups is 1. The maximum atomic E-state index is 12.3. The molecule has 3 rings (SSSR count). The lowest BCUT2D eigenvalue weighted by molar-refractivity contribution is 0.0994. The topological polar surface area (TPSA) is 98.4 Å². The number of hydrogen-bond acceptors (Lipinski definition) is 5. The van der Waals surface area contributed by atoms with Crippen LogP contribution in [0.15, 0.2) is 74.9 Å². The molecule has 3 aromatic rings. The third-order valence-corrected chi connectivity index (χ3v) is 4.74. The Balaban J connectivity index is 1.75. The van der Waals surface area contributed by atoms with Gasteiger partial charge in [-0.15, -0.1) is 0 Å². The molecule has 0 aliphatic carbocycles. The minimum absolute atomic E-state index is 0.0636.